The van der Waals surface area contributed by atoms with Crippen LogP contribution in [0.3, 0.4) is 0 Å². The van der Waals surface area contributed by atoms with Gasteiger partial charge in [0.05, 0.1) is 6.54 Å². The van der Waals surface area contributed by atoms with E-state index in [0.717, 1.165) is 42.4 Å². The molecule has 1 saturated heterocycles. The zero-order valence-corrected chi connectivity index (χ0v) is 18.4. The van der Waals surface area contributed by atoms with Crippen molar-refractivity contribution in [3.05, 3.63) is 57.0 Å². The predicted molar refractivity (Wildman–Crippen MR) is 116 cm³/mol. The second-order valence-corrected chi connectivity index (χ2v) is 9.13. The number of nitrogens with zero attached hydrogens (tertiary/aromatic N) is 3. The Bertz CT molecular complexity index is 936. The van der Waals surface area contributed by atoms with Gasteiger partial charge in [-0.25, -0.2) is 0 Å². The summed E-state index contributed by atoms with van der Waals surface area (Å²) in [6.45, 7) is 3.04. The Morgan fingerprint density at radius 3 is 2.86 bits per heavy atom. The molecule has 4 rings (SSSR count). The number of halogens is 1. The molecule has 0 spiro atoms. The van der Waals surface area contributed by atoms with E-state index in [1.54, 1.807) is 11.3 Å². The van der Waals surface area contributed by atoms with Crippen LogP contribution in [0.25, 0.3) is 11.5 Å². The number of carbonyl (C=O) groups excluding carboxylic acids is 1. The standard InChI is InChI=1S/C21H23BrN4O2S/c22-17-4-1-3-16(13-17)21-25-24-19(28-21)14-26-10-7-15(8-11-26)20(27)23-9-6-18-5-2-12-29-18/h1-5,12-13,15H,6-11,14H2,(H,23,27). The van der Waals surface area contributed by atoms with Gasteiger partial charge >= 0.3 is 0 Å². The Labute approximate surface area is 182 Å². The molecule has 1 N–H and O–H groups in total. The molecule has 1 fully saturated rings. The van der Waals surface area contributed by atoms with Gasteiger partial charge in [-0.3, -0.25) is 9.69 Å². The lowest BCUT2D eigenvalue weighted by Crippen LogP contribution is -2.40. The average Bonchev–Trinajstić information content (AvgIpc) is 3.41. The molecule has 0 bridgehead atoms. The summed E-state index contributed by atoms with van der Waals surface area (Å²) in [5, 5.41) is 13.5. The molecule has 2 aromatic heterocycles. The Balaban J connectivity index is 1.22. The average molecular weight is 475 g/mol. The van der Waals surface area contributed by atoms with E-state index in [-0.39, 0.29) is 11.8 Å². The van der Waals surface area contributed by atoms with E-state index >= 15 is 0 Å². The van der Waals surface area contributed by atoms with Crippen molar-refractivity contribution in [3.63, 3.8) is 0 Å². The fraction of sp³-hybridized carbons (Fsp3) is 0.381. The van der Waals surface area contributed by atoms with Crippen LogP contribution in [0.2, 0.25) is 0 Å². The van der Waals surface area contributed by atoms with Gasteiger partial charge in [0.25, 0.3) is 0 Å². The highest BCUT2D eigenvalue weighted by molar-refractivity contribution is 9.10. The van der Waals surface area contributed by atoms with Crippen molar-refractivity contribution < 1.29 is 9.21 Å². The molecule has 1 aliphatic heterocycles. The first-order valence-electron chi connectivity index (χ1n) is 9.78. The number of benzene rings is 1. The summed E-state index contributed by atoms with van der Waals surface area (Å²) in [5.41, 5.74) is 0.899. The van der Waals surface area contributed by atoms with Gasteiger partial charge in [0.15, 0.2) is 0 Å². The smallest absolute Gasteiger partial charge is 0.247 e. The van der Waals surface area contributed by atoms with Gasteiger partial charge in [-0.05, 0) is 62.0 Å². The van der Waals surface area contributed by atoms with Crippen LogP contribution in [-0.4, -0.2) is 40.6 Å². The molecule has 0 atom stereocenters. The van der Waals surface area contributed by atoms with E-state index in [0.29, 0.717) is 24.9 Å². The van der Waals surface area contributed by atoms with E-state index in [4.69, 9.17) is 4.42 Å². The van der Waals surface area contributed by atoms with Crippen molar-refractivity contribution in [2.45, 2.75) is 25.8 Å². The van der Waals surface area contributed by atoms with Crippen molar-refractivity contribution in [3.8, 4) is 11.5 Å². The highest BCUT2D eigenvalue weighted by Gasteiger charge is 2.25. The zero-order chi connectivity index (χ0) is 20.1. The predicted octanol–water partition coefficient (Wildman–Crippen LogP) is 4.13. The SMILES string of the molecule is O=C(NCCc1cccs1)C1CCN(Cc2nnc(-c3cccc(Br)c3)o2)CC1. The number of carbonyl (C=O) groups is 1. The molecule has 1 aliphatic rings. The second kappa shape index (κ2) is 9.65. The van der Waals surface area contributed by atoms with E-state index in [2.05, 4.69) is 47.8 Å². The lowest BCUT2D eigenvalue weighted by molar-refractivity contribution is -0.126. The topological polar surface area (TPSA) is 71.3 Å². The van der Waals surface area contributed by atoms with Crippen LogP contribution >= 0.6 is 27.3 Å². The molecule has 152 valence electrons. The van der Waals surface area contributed by atoms with E-state index in [9.17, 15) is 4.79 Å². The van der Waals surface area contributed by atoms with Crippen LogP contribution in [0.5, 0.6) is 0 Å². The summed E-state index contributed by atoms with van der Waals surface area (Å²) >= 11 is 5.19. The third kappa shape index (κ3) is 5.52. The minimum Gasteiger partial charge on any atom is -0.419 e. The maximum atomic E-state index is 12.4. The molecule has 0 radical (unpaired) electrons. The normalized spacial score (nSPS) is 15.5. The Morgan fingerprint density at radius 1 is 1.24 bits per heavy atom. The molecule has 6 nitrogen and oxygen atoms in total. The number of nitrogens with one attached hydrogen (secondary N) is 1. The van der Waals surface area contributed by atoms with Crippen LogP contribution < -0.4 is 5.32 Å². The molecular weight excluding hydrogens is 452 g/mol. The number of likely N-dealkylation sites (tertiary alicyclic amines) is 1. The third-order valence-corrected chi connectivity index (χ3v) is 6.54. The van der Waals surface area contributed by atoms with Gasteiger partial charge in [0.1, 0.15) is 0 Å². The number of amides is 1. The Kier molecular flexibility index (Phi) is 6.74. The highest BCUT2D eigenvalue weighted by atomic mass is 79.9. The van der Waals surface area contributed by atoms with E-state index in [1.807, 2.05) is 30.3 Å². The molecule has 0 aliphatic carbocycles. The number of rotatable bonds is 7. The van der Waals surface area contributed by atoms with Crippen LogP contribution in [0.4, 0.5) is 0 Å². The van der Waals surface area contributed by atoms with Crippen molar-refractivity contribution in [2.24, 2.45) is 5.92 Å². The van der Waals surface area contributed by atoms with Crippen LogP contribution in [0.1, 0.15) is 23.6 Å². The minimum absolute atomic E-state index is 0.0921. The summed E-state index contributed by atoms with van der Waals surface area (Å²) in [7, 11) is 0. The fourth-order valence-corrected chi connectivity index (χ4v) is 4.62. The molecule has 29 heavy (non-hydrogen) atoms. The summed E-state index contributed by atoms with van der Waals surface area (Å²) in [4.78, 5) is 16.0. The molecule has 0 saturated carbocycles. The molecule has 3 aromatic rings. The monoisotopic (exact) mass is 474 g/mol. The van der Waals surface area contributed by atoms with E-state index in [1.165, 1.54) is 4.88 Å². The summed E-state index contributed by atoms with van der Waals surface area (Å²) < 4.78 is 6.80. The highest BCUT2D eigenvalue weighted by Crippen LogP contribution is 2.23. The van der Waals surface area contributed by atoms with Gasteiger partial charge in [0, 0.05) is 27.4 Å². The number of piperidine rings is 1. The first-order valence-corrected chi connectivity index (χ1v) is 11.5. The van der Waals surface area contributed by atoms with Crippen LogP contribution in [-0.2, 0) is 17.8 Å². The number of thiophene rings is 1. The largest absolute Gasteiger partial charge is 0.419 e. The Hall–Kier alpha value is -2.03. The van der Waals surface area contributed by atoms with Crippen molar-refractivity contribution >= 4 is 33.2 Å². The fourth-order valence-electron chi connectivity index (χ4n) is 3.51. The maximum absolute atomic E-state index is 12.4. The third-order valence-electron chi connectivity index (χ3n) is 5.11. The van der Waals surface area contributed by atoms with E-state index < -0.39 is 0 Å². The van der Waals surface area contributed by atoms with Gasteiger partial charge in [0.2, 0.25) is 17.7 Å². The molecular formula is C21H23BrN4O2S. The summed E-state index contributed by atoms with van der Waals surface area (Å²) in [6, 6.07) is 12.0. The van der Waals surface area contributed by atoms with Crippen LogP contribution in [0, 0.1) is 5.92 Å². The maximum Gasteiger partial charge on any atom is 0.247 e. The number of hydrogen-bond acceptors (Lipinski definition) is 6. The summed E-state index contributed by atoms with van der Waals surface area (Å²) in [6.07, 6.45) is 2.62. The van der Waals surface area contributed by atoms with Gasteiger partial charge < -0.3 is 9.73 Å². The molecule has 3 heterocycles. The lowest BCUT2D eigenvalue weighted by Gasteiger charge is -2.30. The lowest BCUT2D eigenvalue weighted by atomic mass is 9.96. The van der Waals surface area contributed by atoms with Gasteiger partial charge in [-0.1, -0.05) is 28.1 Å². The number of hydrogen-bond donors (Lipinski definition) is 1. The second-order valence-electron chi connectivity index (χ2n) is 7.18. The quantitative estimate of drug-likeness (QED) is 0.557. The van der Waals surface area contributed by atoms with Crippen molar-refractivity contribution in [1.82, 2.24) is 20.4 Å². The minimum atomic E-state index is 0.0921. The Morgan fingerprint density at radius 2 is 2.10 bits per heavy atom. The summed E-state index contributed by atoms with van der Waals surface area (Å²) in [5.74, 6) is 1.41. The number of aromatic nitrogens is 2. The van der Waals surface area contributed by atoms with Gasteiger partial charge in [-0.15, -0.1) is 21.5 Å². The first-order chi connectivity index (χ1) is 14.2. The molecule has 0 unspecified atom stereocenters. The van der Waals surface area contributed by atoms with Crippen molar-refractivity contribution in [2.75, 3.05) is 19.6 Å². The van der Waals surface area contributed by atoms with Gasteiger partial charge in [-0.2, -0.15) is 0 Å². The molecule has 8 heteroatoms. The molecule has 1 amide bonds. The molecule has 1 aromatic carbocycles. The zero-order valence-electron chi connectivity index (χ0n) is 16.0. The van der Waals surface area contributed by atoms with Crippen molar-refractivity contribution in [1.29, 1.82) is 0 Å². The van der Waals surface area contributed by atoms with Crippen LogP contribution in [0.15, 0.2) is 50.7 Å². The first kappa shape index (κ1) is 20.3.